The molecule has 0 spiro atoms. The molecule has 184 valence electrons. The fourth-order valence-corrected chi connectivity index (χ4v) is 9.40. The first-order valence-electron chi connectivity index (χ1n) is 13.1. The van der Waals surface area contributed by atoms with Crippen LogP contribution in [0.15, 0.2) is 12.4 Å². The summed E-state index contributed by atoms with van der Waals surface area (Å²) >= 11 is 6.02. The summed E-state index contributed by atoms with van der Waals surface area (Å²) in [5, 5.41) is 15.7. The number of halogens is 1. The van der Waals surface area contributed by atoms with E-state index in [2.05, 4.69) is 12.0 Å². The molecule has 1 aromatic heterocycles. The van der Waals surface area contributed by atoms with E-state index in [0.29, 0.717) is 46.4 Å². The van der Waals surface area contributed by atoms with E-state index in [9.17, 15) is 9.90 Å². The van der Waals surface area contributed by atoms with Crippen LogP contribution in [0.25, 0.3) is 0 Å². The lowest BCUT2D eigenvalue weighted by Gasteiger charge is -2.63. The van der Waals surface area contributed by atoms with Crippen molar-refractivity contribution in [2.75, 3.05) is 13.7 Å². The quantitative estimate of drug-likeness (QED) is 0.586. The fraction of sp³-hybridized carbons (Fsp3) is 0.852. The predicted molar refractivity (Wildman–Crippen MR) is 129 cm³/mol. The molecule has 0 aliphatic heterocycles. The van der Waals surface area contributed by atoms with E-state index >= 15 is 0 Å². The number of ether oxygens (including phenoxy) is 1. The largest absolute Gasteiger partial charge is 0.390 e. The number of nitrogens with zero attached hydrogens (tertiary/aromatic N) is 2. The van der Waals surface area contributed by atoms with Crippen LogP contribution in [-0.4, -0.2) is 40.0 Å². The molecule has 1 N–H and O–H groups in total. The Kier molecular flexibility index (Phi) is 6.23. The van der Waals surface area contributed by atoms with Crippen LogP contribution in [0.4, 0.5) is 0 Å². The summed E-state index contributed by atoms with van der Waals surface area (Å²) < 4.78 is 7.31. The number of carbonyl (C=O) groups excluding carboxylic acids is 1. The van der Waals surface area contributed by atoms with E-state index in [1.54, 1.807) is 17.1 Å². The highest BCUT2D eigenvalue weighted by molar-refractivity contribution is 6.30. The van der Waals surface area contributed by atoms with Gasteiger partial charge in [-0.05, 0) is 106 Å². The van der Waals surface area contributed by atoms with Crippen LogP contribution in [0, 0.1) is 40.4 Å². The van der Waals surface area contributed by atoms with Crippen LogP contribution in [-0.2, 0) is 16.1 Å². The zero-order valence-electron chi connectivity index (χ0n) is 20.6. The molecule has 4 aliphatic carbocycles. The molecular formula is C27H41ClN2O3. The Morgan fingerprint density at radius 1 is 1.18 bits per heavy atom. The summed E-state index contributed by atoms with van der Waals surface area (Å²) in [6.07, 6.45) is 14.5. The first-order valence-corrected chi connectivity index (χ1v) is 13.5. The second-order valence-corrected chi connectivity index (χ2v) is 12.8. The lowest BCUT2D eigenvalue weighted by atomic mass is 9.42. The lowest BCUT2D eigenvalue weighted by molar-refractivity contribution is -0.163. The third-order valence-corrected chi connectivity index (χ3v) is 10.9. The molecule has 0 radical (unpaired) electrons. The van der Waals surface area contributed by atoms with E-state index in [1.165, 1.54) is 25.7 Å². The summed E-state index contributed by atoms with van der Waals surface area (Å²) in [6.45, 7) is 5.61. The summed E-state index contributed by atoms with van der Waals surface area (Å²) in [4.78, 5) is 13.4. The van der Waals surface area contributed by atoms with Crippen molar-refractivity contribution in [3.05, 3.63) is 17.4 Å². The summed E-state index contributed by atoms with van der Waals surface area (Å²) in [5.74, 6) is 3.11. The molecule has 6 heteroatoms. The van der Waals surface area contributed by atoms with Crippen molar-refractivity contribution < 1.29 is 14.6 Å². The van der Waals surface area contributed by atoms with Gasteiger partial charge >= 0.3 is 0 Å². The van der Waals surface area contributed by atoms with Crippen molar-refractivity contribution in [2.24, 2.45) is 40.4 Å². The average Bonchev–Trinajstić information content (AvgIpc) is 3.34. The molecule has 5 rings (SSSR count). The Balaban J connectivity index is 1.37. The summed E-state index contributed by atoms with van der Waals surface area (Å²) in [6, 6.07) is 0. The smallest absolute Gasteiger partial charge is 0.157 e. The number of methoxy groups -OCH3 is 1. The first-order chi connectivity index (χ1) is 15.7. The maximum atomic E-state index is 13.4. The Labute approximate surface area is 203 Å². The van der Waals surface area contributed by atoms with Crippen LogP contribution in [0.5, 0.6) is 0 Å². The van der Waals surface area contributed by atoms with Gasteiger partial charge in [0.15, 0.2) is 5.78 Å². The van der Waals surface area contributed by atoms with Gasteiger partial charge in [0.1, 0.15) is 0 Å². The second kappa shape index (κ2) is 8.64. The minimum Gasteiger partial charge on any atom is -0.390 e. The van der Waals surface area contributed by atoms with Gasteiger partial charge in [-0.15, -0.1) is 0 Å². The van der Waals surface area contributed by atoms with E-state index < -0.39 is 5.60 Å². The van der Waals surface area contributed by atoms with Gasteiger partial charge in [0.05, 0.1) is 23.4 Å². The maximum Gasteiger partial charge on any atom is 0.157 e. The van der Waals surface area contributed by atoms with Crippen molar-refractivity contribution in [3.63, 3.8) is 0 Å². The number of rotatable bonds is 6. The standard InChI is InChI=1S/C27H41ClN2O3/c1-25(32)10-11-27(12-13-33-3)18(14-25)4-5-20-21-6-7-23(26(21,2)9-8-22(20)27)24(31)17-30-16-19(28)15-29-30/h15-16,18,20-23,32H,4-14,17H2,1-3H3/t18-,20-,21-,22-,23+,25+,26-,27+/m0/s1. The van der Waals surface area contributed by atoms with Gasteiger partial charge in [0.25, 0.3) is 0 Å². The summed E-state index contributed by atoms with van der Waals surface area (Å²) in [5.41, 5.74) is -0.113. The third-order valence-electron chi connectivity index (χ3n) is 10.7. The highest BCUT2D eigenvalue weighted by Gasteiger charge is 2.62. The van der Waals surface area contributed by atoms with Gasteiger partial charge < -0.3 is 9.84 Å². The average molecular weight is 477 g/mol. The van der Waals surface area contributed by atoms with Crippen molar-refractivity contribution in [3.8, 4) is 0 Å². The third kappa shape index (κ3) is 4.00. The zero-order valence-corrected chi connectivity index (χ0v) is 21.3. The van der Waals surface area contributed by atoms with Crippen LogP contribution in [0.1, 0.15) is 78.1 Å². The Bertz CT molecular complexity index is 884. The topological polar surface area (TPSA) is 64.3 Å². The highest BCUT2D eigenvalue weighted by Crippen LogP contribution is 2.69. The molecule has 1 aromatic rings. The molecule has 8 atom stereocenters. The monoisotopic (exact) mass is 476 g/mol. The van der Waals surface area contributed by atoms with Crippen LogP contribution < -0.4 is 0 Å². The number of hydrogen-bond acceptors (Lipinski definition) is 4. The van der Waals surface area contributed by atoms with Gasteiger partial charge in [-0.1, -0.05) is 18.5 Å². The molecule has 33 heavy (non-hydrogen) atoms. The predicted octanol–water partition coefficient (Wildman–Crippen LogP) is 5.53. The maximum absolute atomic E-state index is 13.4. The number of carbonyl (C=O) groups is 1. The van der Waals surface area contributed by atoms with Crippen molar-refractivity contribution in [1.29, 1.82) is 0 Å². The van der Waals surface area contributed by atoms with Crippen molar-refractivity contribution in [1.82, 2.24) is 9.78 Å². The lowest BCUT2D eigenvalue weighted by Crippen LogP contribution is -2.57. The number of aliphatic hydroxyl groups is 1. The molecule has 0 bridgehead atoms. The van der Waals surface area contributed by atoms with Gasteiger partial charge in [-0.2, -0.15) is 5.10 Å². The summed E-state index contributed by atoms with van der Waals surface area (Å²) in [7, 11) is 1.82. The zero-order chi connectivity index (χ0) is 23.4. The van der Waals surface area contributed by atoms with Gasteiger partial charge in [-0.3, -0.25) is 9.48 Å². The molecule has 0 unspecified atom stereocenters. The normalized spacial score (nSPS) is 44.7. The number of fused-ring (bicyclic) bond motifs is 5. The minimum atomic E-state index is -0.516. The molecule has 0 amide bonds. The van der Waals surface area contributed by atoms with Crippen molar-refractivity contribution in [2.45, 2.75) is 90.2 Å². The van der Waals surface area contributed by atoms with Gasteiger partial charge in [0.2, 0.25) is 0 Å². The number of aromatic nitrogens is 2. The SMILES string of the molecule is COCC[C@]12CC[C@@](C)(O)C[C@@H]1CC[C@H]1[C@@H]3CC[C@H](C(=O)Cn4cc(Cl)cn4)[C@@]3(C)CC[C@@H]12. The van der Waals surface area contributed by atoms with E-state index in [0.717, 1.165) is 45.1 Å². The molecular weight excluding hydrogens is 436 g/mol. The fourth-order valence-electron chi connectivity index (χ4n) is 9.25. The Hall–Kier alpha value is -0.910. The van der Waals surface area contributed by atoms with Crippen LogP contribution in [0.3, 0.4) is 0 Å². The molecule has 0 aromatic carbocycles. The first kappa shape index (κ1) is 23.8. The molecule has 4 saturated carbocycles. The van der Waals surface area contributed by atoms with Crippen LogP contribution in [0.2, 0.25) is 5.02 Å². The van der Waals surface area contributed by atoms with Crippen LogP contribution >= 0.6 is 11.6 Å². The molecule has 1 heterocycles. The van der Waals surface area contributed by atoms with E-state index in [4.69, 9.17) is 16.3 Å². The molecule has 0 saturated heterocycles. The number of Topliss-reactive ketones (excluding diaryl/α,β-unsaturated/α-hetero) is 1. The number of hydrogen-bond donors (Lipinski definition) is 1. The molecule has 5 nitrogen and oxygen atoms in total. The van der Waals surface area contributed by atoms with E-state index in [-0.39, 0.29) is 11.3 Å². The molecule has 4 fully saturated rings. The van der Waals surface area contributed by atoms with Gasteiger partial charge in [-0.25, -0.2) is 0 Å². The highest BCUT2D eigenvalue weighted by atomic mass is 35.5. The minimum absolute atomic E-state index is 0.102. The number of ketones is 1. The second-order valence-electron chi connectivity index (χ2n) is 12.3. The van der Waals surface area contributed by atoms with Crippen molar-refractivity contribution >= 4 is 17.4 Å². The molecule has 4 aliphatic rings. The van der Waals surface area contributed by atoms with E-state index in [1.807, 2.05) is 14.0 Å². The Morgan fingerprint density at radius 2 is 2.00 bits per heavy atom. The Morgan fingerprint density at radius 3 is 2.73 bits per heavy atom. The van der Waals surface area contributed by atoms with Gasteiger partial charge in [0, 0.05) is 25.8 Å².